The molecule has 2 rings (SSSR count). The van der Waals surface area contributed by atoms with Gasteiger partial charge in [-0.3, -0.25) is 0 Å². The number of nitrogens with one attached hydrogen (secondary N) is 2. The minimum Gasteiger partial charge on any atom is -0.467 e. The van der Waals surface area contributed by atoms with Crippen molar-refractivity contribution in [2.24, 2.45) is 0 Å². The summed E-state index contributed by atoms with van der Waals surface area (Å²) in [6, 6.07) is 3.13. The Morgan fingerprint density at radius 3 is 3.13 bits per heavy atom. The van der Waals surface area contributed by atoms with Crippen LogP contribution in [-0.2, 0) is 4.74 Å². The highest BCUT2D eigenvalue weighted by molar-refractivity contribution is 5.78. The minimum atomic E-state index is -0.244. The van der Waals surface area contributed by atoms with Crippen LogP contribution < -0.4 is 10.6 Å². The van der Waals surface area contributed by atoms with Gasteiger partial charge in [0.15, 0.2) is 0 Å². The Kier molecular flexibility index (Phi) is 2.73. The topological polar surface area (TPSA) is 63.5 Å². The predicted octanol–water partition coefficient (Wildman–Crippen LogP) is 1.16. The van der Waals surface area contributed by atoms with Gasteiger partial charge in [-0.2, -0.15) is 0 Å². The van der Waals surface area contributed by atoms with Crippen molar-refractivity contribution in [3.8, 4) is 0 Å². The molecule has 5 nitrogen and oxygen atoms in total. The SMILES string of the molecule is COCC1=C[C@H](c2ccco2)NC(=O)N1. The molecule has 1 aromatic heterocycles. The predicted molar refractivity (Wildman–Crippen MR) is 53.1 cm³/mol. The van der Waals surface area contributed by atoms with Crippen LogP contribution in [0.1, 0.15) is 11.8 Å². The first-order chi connectivity index (χ1) is 7.29. The average Bonchev–Trinajstić information content (AvgIpc) is 2.70. The van der Waals surface area contributed by atoms with E-state index in [0.717, 1.165) is 5.70 Å². The van der Waals surface area contributed by atoms with Crippen LogP contribution in [0.25, 0.3) is 0 Å². The van der Waals surface area contributed by atoms with Crippen molar-refractivity contribution in [2.75, 3.05) is 13.7 Å². The zero-order chi connectivity index (χ0) is 10.7. The van der Waals surface area contributed by atoms with E-state index in [-0.39, 0.29) is 12.1 Å². The number of ether oxygens (including phenoxy) is 1. The number of hydrogen-bond acceptors (Lipinski definition) is 3. The Labute approximate surface area is 87.1 Å². The third-order valence-electron chi connectivity index (χ3n) is 2.08. The van der Waals surface area contributed by atoms with Gasteiger partial charge in [0.1, 0.15) is 11.8 Å². The highest BCUT2D eigenvalue weighted by Gasteiger charge is 2.20. The molecule has 2 N–H and O–H groups in total. The molecule has 0 saturated heterocycles. The van der Waals surface area contributed by atoms with Gasteiger partial charge in [0.05, 0.1) is 12.9 Å². The maximum absolute atomic E-state index is 11.3. The molecule has 1 atom stereocenters. The first kappa shape index (κ1) is 9.79. The van der Waals surface area contributed by atoms with E-state index in [2.05, 4.69) is 10.6 Å². The van der Waals surface area contributed by atoms with Crippen molar-refractivity contribution in [3.63, 3.8) is 0 Å². The number of furan rings is 1. The zero-order valence-corrected chi connectivity index (χ0v) is 8.32. The zero-order valence-electron chi connectivity index (χ0n) is 8.32. The first-order valence-corrected chi connectivity index (χ1v) is 4.60. The third-order valence-corrected chi connectivity index (χ3v) is 2.08. The molecule has 80 valence electrons. The van der Waals surface area contributed by atoms with Crippen molar-refractivity contribution in [1.82, 2.24) is 10.6 Å². The van der Waals surface area contributed by atoms with Crippen LogP contribution in [0.3, 0.4) is 0 Å². The molecule has 2 heterocycles. The number of urea groups is 1. The van der Waals surface area contributed by atoms with Gasteiger partial charge in [-0.05, 0) is 18.2 Å². The molecule has 1 aromatic rings. The normalized spacial score (nSPS) is 20.5. The second-order valence-corrected chi connectivity index (χ2v) is 3.22. The molecule has 15 heavy (non-hydrogen) atoms. The maximum Gasteiger partial charge on any atom is 0.319 e. The van der Waals surface area contributed by atoms with Crippen LogP contribution in [-0.4, -0.2) is 19.7 Å². The van der Waals surface area contributed by atoms with Crippen LogP contribution in [0.5, 0.6) is 0 Å². The van der Waals surface area contributed by atoms with Gasteiger partial charge in [0, 0.05) is 12.8 Å². The molecule has 0 fully saturated rings. The molecular formula is C10H12N2O3. The van der Waals surface area contributed by atoms with Crippen molar-refractivity contribution in [1.29, 1.82) is 0 Å². The lowest BCUT2D eigenvalue weighted by atomic mass is 10.1. The maximum atomic E-state index is 11.3. The number of rotatable bonds is 3. The summed E-state index contributed by atoms with van der Waals surface area (Å²) in [5, 5.41) is 5.39. The van der Waals surface area contributed by atoms with Crippen molar-refractivity contribution >= 4 is 6.03 Å². The monoisotopic (exact) mass is 208 g/mol. The van der Waals surface area contributed by atoms with Gasteiger partial charge in [-0.15, -0.1) is 0 Å². The van der Waals surface area contributed by atoms with Crippen molar-refractivity contribution < 1.29 is 13.9 Å². The third kappa shape index (κ3) is 2.19. The molecule has 0 spiro atoms. The summed E-state index contributed by atoms with van der Waals surface area (Å²) in [6.07, 6.45) is 3.44. The van der Waals surface area contributed by atoms with Gasteiger partial charge in [0.2, 0.25) is 0 Å². The Morgan fingerprint density at radius 1 is 1.60 bits per heavy atom. The molecule has 2 amide bonds. The highest BCUT2D eigenvalue weighted by Crippen LogP contribution is 2.18. The van der Waals surface area contributed by atoms with Crippen LogP contribution in [0.15, 0.2) is 34.6 Å². The molecule has 0 aromatic carbocycles. The molecule has 0 aliphatic carbocycles. The van der Waals surface area contributed by atoms with E-state index in [0.29, 0.717) is 12.4 Å². The number of carbonyl (C=O) groups excluding carboxylic acids is 1. The molecule has 0 radical (unpaired) electrons. The Balaban J connectivity index is 2.18. The Bertz CT molecular complexity index is 370. The summed E-state index contributed by atoms with van der Waals surface area (Å²) >= 11 is 0. The van der Waals surface area contributed by atoms with E-state index in [1.165, 1.54) is 0 Å². The molecule has 5 heteroatoms. The van der Waals surface area contributed by atoms with Gasteiger partial charge >= 0.3 is 6.03 Å². The lowest BCUT2D eigenvalue weighted by Crippen LogP contribution is -2.42. The van der Waals surface area contributed by atoms with E-state index in [1.54, 1.807) is 19.4 Å². The quantitative estimate of drug-likeness (QED) is 0.783. The highest BCUT2D eigenvalue weighted by atomic mass is 16.5. The lowest BCUT2D eigenvalue weighted by molar-refractivity contribution is 0.209. The van der Waals surface area contributed by atoms with Gasteiger partial charge < -0.3 is 19.8 Å². The summed E-state index contributed by atoms with van der Waals surface area (Å²) in [5.74, 6) is 0.707. The molecule has 0 unspecified atom stereocenters. The van der Waals surface area contributed by atoms with Crippen LogP contribution in [0.2, 0.25) is 0 Å². The number of hydrogen-bond donors (Lipinski definition) is 2. The van der Waals surface area contributed by atoms with Gasteiger partial charge in [-0.1, -0.05) is 0 Å². The molecule has 0 bridgehead atoms. The molecule has 0 saturated carbocycles. The Morgan fingerprint density at radius 2 is 2.47 bits per heavy atom. The van der Waals surface area contributed by atoms with Gasteiger partial charge in [-0.25, -0.2) is 4.79 Å². The van der Waals surface area contributed by atoms with Crippen LogP contribution in [0, 0.1) is 0 Å². The Hall–Kier alpha value is -1.75. The van der Waals surface area contributed by atoms with Crippen LogP contribution in [0.4, 0.5) is 4.79 Å². The molecular weight excluding hydrogens is 196 g/mol. The summed E-state index contributed by atoms with van der Waals surface area (Å²) in [7, 11) is 1.58. The number of carbonyl (C=O) groups is 1. The average molecular weight is 208 g/mol. The fourth-order valence-electron chi connectivity index (χ4n) is 1.47. The minimum absolute atomic E-state index is 0.223. The molecule has 1 aliphatic heterocycles. The van der Waals surface area contributed by atoms with E-state index in [1.807, 2.05) is 12.1 Å². The first-order valence-electron chi connectivity index (χ1n) is 4.60. The largest absolute Gasteiger partial charge is 0.467 e. The van der Waals surface area contributed by atoms with E-state index < -0.39 is 0 Å². The molecule has 1 aliphatic rings. The number of methoxy groups -OCH3 is 1. The van der Waals surface area contributed by atoms with Gasteiger partial charge in [0.25, 0.3) is 0 Å². The second-order valence-electron chi connectivity index (χ2n) is 3.22. The summed E-state index contributed by atoms with van der Waals surface area (Å²) in [4.78, 5) is 11.3. The summed E-state index contributed by atoms with van der Waals surface area (Å²) in [6.45, 7) is 0.380. The van der Waals surface area contributed by atoms with Crippen LogP contribution >= 0.6 is 0 Å². The fraction of sp³-hybridized carbons (Fsp3) is 0.300. The van der Waals surface area contributed by atoms with E-state index >= 15 is 0 Å². The standard InChI is InChI=1S/C10H12N2O3/c1-14-6-7-5-8(12-10(13)11-7)9-3-2-4-15-9/h2-5,8H,6H2,1H3,(H2,11,12,13)/t8-/m1/s1. The summed E-state index contributed by atoms with van der Waals surface area (Å²) < 4.78 is 10.2. The second kappa shape index (κ2) is 4.18. The van der Waals surface area contributed by atoms with Crippen molar-refractivity contribution in [3.05, 3.63) is 35.9 Å². The lowest BCUT2D eigenvalue weighted by Gasteiger charge is -2.21. The summed E-state index contributed by atoms with van der Waals surface area (Å²) in [5.41, 5.74) is 0.739. The smallest absolute Gasteiger partial charge is 0.319 e. The van der Waals surface area contributed by atoms with Crippen molar-refractivity contribution in [2.45, 2.75) is 6.04 Å². The van der Waals surface area contributed by atoms with E-state index in [4.69, 9.17) is 9.15 Å². The fourth-order valence-corrected chi connectivity index (χ4v) is 1.47. The van der Waals surface area contributed by atoms with E-state index in [9.17, 15) is 4.79 Å². The number of amides is 2.